The van der Waals surface area contributed by atoms with E-state index in [0.29, 0.717) is 24.7 Å². The lowest BCUT2D eigenvalue weighted by atomic mass is 10.1. The highest BCUT2D eigenvalue weighted by atomic mass is 16.5. The van der Waals surface area contributed by atoms with Crippen molar-refractivity contribution in [2.75, 3.05) is 27.3 Å². The quantitative estimate of drug-likeness (QED) is 0.788. The van der Waals surface area contributed by atoms with Gasteiger partial charge < -0.3 is 19.1 Å². The lowest BCUT2D eigenvalue weighted by Crippen LogP contribution is -2.45. The van der Waals surface area contributed by atoms with Crippen LogP contribution in [0.2, 0.25) is 0 Å². The van der Waals surface area contributed by atoms with Gasteiger partial charge in [-0.2, -0.15) is 0 Å². The van der Waals surface area contributed by atoms with E-state index in [0.717, 1.165) is 30.7 Å². The monoisotopic (exact) mass is 357 g/mol. The Balaban J connectivity index is 1.61. The molecule has 2 heterocycles. The standard InChI is InChI=1S/C19H23N3O4/c1-24-15-6-3-5-14(11-15)12-17(23)22-10-4-7-16(13-22)26-19-18(25-2)20-8-9-21-19/h3,5-6,8-9,11,16H,4,7,10,12-13H2,1-2H3. The maximum Gasteiger partial charge on any atom is 0.278 e. The minimum atomic E-state index is -0.122. The highest BCUT2D eigenvalue weighted by Gasteiger charge is 2.26. The normalized spacial score (nSPS) is 16.8. The molecule has 0 radical (unpaired) electrons. The van der Waals surface area contributed by atoms with Gasteiger partial charge in [-0.3, -0.25) is 4.79 Å². The Hall–Kier alpha value is -2.83. The Bertz CT molecular complexity index is 753. The van der Waals surface area contributed by atoms with Crippen LogP contribution in [-0.4, -0.2) is 54.2 Å². The van der Waals surface area contributed by atoms with E-state index in [4.69, 9.17) is 14.2 Å². The number of aromatic nitrogens is 2. The third kappa shape index (κ3) is 4.41. The first-order valence-electron chi connectivity index (χ1n) is 8.62. The fourth-order valence-corrected chi connectivity index (χ4v) is 3.02. The average Bonchev–Trinajstić information content (AvgIpc) is 2.69. The number of carbonyl (C=O) groups excluding carboxylic acids is 1. The van der Waals surface area contributed by atoms with E-state index in [9.17, 15) is 4.79 Å². The summed E-state index contributed by atoms with van der Waals surface area (Å²) >= 11 is 0. The van der Waals surface area contributed by atoms with Crippen molar-refractivity contribution < 1.29 is 19.0 Å². The van der Waals surface area contributed by atoms with Crippen molar-refractivity contribution in [2.24, 2.45) is 0 Å². The maximum absolute atomic E-state index is 12.7. The van der Waals surface area contributed by atoms with Gasteiger partial charge in [-0.05, 0) is 30.5 Å². The molecule has 0 bridgehead atoms. The lowest BCUT2D eigenvalue weighted by molar-refractivity contribution is -0.133. The van der Waals surface area contributed by atoms with Crippen LogP contribution in [-0.2, 0) is 11.2 Å². The van der Waals surface area contributed by atoms with E-state index in [-0.39, 0.29) is 12.0 Å². The topological polar surface area (TPSA) is 73.8 Å². The average molecular weight is 357 g/mol. The Morgan fingerprint density at radius 3 is 2.77 bits per heavy atom. The predicted molar refractivity (Wildman–Crippen MR) is 95.5 cm³/mol. The number of nitrogens with zero attached hydrogens (tertiary/aromatic N) is 3. The second-order valence-corrected chi connectivity index (χ2v) is 6.12. The summed E-state index contributed by atoms with van der Waals surface area (Å²) in [4.78, 5) is 22.8. The number of amides is 1. The smallest absolute Gasteiger partial charge is 0.278 e. The Morgan fingerprint density at radius 1 is 1.19 bits per heavy atom. The van der Waals surface area contributed by atoms with Crippen molar-refractivity contribution in [3.05, 3.63) is 42.2 Å². The highest BCUT2D eigenvalue weighted by Crippen LogP contribution is 2.24. The molecule has 1 aromatic carbocycles. The summed E-state index contributed by atoms with van der Waals surface area (Å²) in [6.07, 6.45) is 5.09. The van der Waals surface area contributed by atoms with Crippen molar-refractivity contribution in [3.8, 4) is 17.5 Å². The van der Waals surface area contributed by atoms with Gasteiger partial charge in [0, 0.05) is 18.9 Å². The van der Waals surface area contributed by atoms with Gasteiger partial charge in [0.25, 0.3) is 11.8 Å². The van der Waals surface area contributed by atoms with Crippen molar-refractivity contribution in [1.29, 1.82) is 0 Å². The fourth-order valence-electron chi connectivity index (χ4n) is 3.02. The van der Waals surface area contributed by atoms with E-state index >= 15 is 0 Å². The number of hydrogen-bond donors (Lipinski definition) is 0. The number of carbonyl (C=O) groups is 1. The summed E-state index contributed by atoms with van der Waals surface area (Å²) in [5, 5.41) is 0. The van der Waals surface area contributed by atoms with Crippen LogP contribution in [0.25, 0.3) is 0 Å². The summed E-state index contributed by atoms with van der Waals surface area (Å²) in [7, 11) is 3.15. The zero-order valence-electron chi connectivity index (χ0n) is 15.1. The third-order valence-corrected chi connectivity index (χ3v) is 4.33. The summed E-state index contributed by atoms with van der Waals surface area (Å²) in [5.41, 5.74) is 0.938. The van der Waals surface area contributed by atoms with Gasteiger partial charge in [-0.15, -0.1) is 0 Å². The van der Waals surface area contributed by atoms with Crippen molar-refractivity contribution in [2.45, 2.75) is 25.4 Å². The van der Waals surface area contributed by atoms with Gasteiger partial charge in [0.05, 0.1) is 27.2 Å². The SMILES string of the molecule is COc1cccc(CC(=O)N2CCCC(Oc3nccnc3OC)C2)c1. The molecule has 7 heteroatoms. The Labute approximate surface area is 152 Å². The largest absolute Gasteiger partial charge is 0.497 e. The number of ether oxygens (including phenoxy) is 3. The Morgan fingerprint density at radius 2 is 2.00 bits per heavy atom. The van der Waals surface area contributed by atoms with Gasteiger partial charge in [0.1, 0.15) is 11.9 Å². The van der Waals surface area contributed by atoms with E-state index in [1.165, 1.54) is 7.11 Å². The van der Waals surface area contributed by atoms with Gasteiger partial charge in [0.2, 0.25) is 5.91 Å². The summed E-state index contributed by atoms with van der Waals surface area (Å²) in [6.45, 7) is 1.27. The molecule has 0 spiro atoms. The van der Waals surface area contributed by atoms with Gasteiger partial charge in [-0.1, -0.05) is 12.1 Å². The lowest BCUT2D eigenvalue weighted by Gasteiger charge is -2.32. The molecule has 2 aromatic rings. The van der Waals surface area contributed by atoms with Crippen molar-refractivity contribution in [1.82, 2.24) is 14.9 Å². The van der Waals surface area contributed by atoms with Crippen LogP contribution < -0.4 is 14.2 Å². The zero-order valence-corrected chi connectivity index (χ0v) is 15.1. The highest BCUT2D eigenvalue weighted by molar-refractivity contribution is 5.79. The van der Waals surface area contributed by atoms with Crippen molar-refractivity contribution in [3.63, 3.8) is 0 Å². The number of likely N-dealkylation sites (tertiary alicyclic amines) is 1. The minimum Gasteiger partial charge on any atom is -0.497 e. The summed E-state index contributed by atoms with van der Waals surface area (Å²) in [5.74, 6) is 1.55. The number of benzene rings is 1. The third-order valence-electron chi connectivity index (χ3n) is 4.33. The molecule has 1 aliphatic heterocycles. The molecular formula is C19H23N3O4. The number of piperidine rings is 1. The van der Waals surface area contributed by atoms with Crippen LogP contribution in [0, 0.1) is 0 Å². The van der Waals surface area contributed by atoms with Crippen LogP contribution in [0.1, 0.15) is 18.4 Å². The zero-order chi connectivity index (χ0) is 18.4. The molecule has 1 fully saturated rings. The van der Waals surface area contributed by atoms with Crippen molar-refractivity contribution >= 4 is 5.91 Å². The first-order chi connectivity index (χ1) is 12.7. The fraction of sp³-hybridized carbons (Fsp3) is 0.421. The number of methoxy groups -OCH3 is 2. The van der Waals surface area contributed by atoms with E-state index in [1.807, 2.05) is 29.2 Å². The molecule has 1 atom stereocenters. The van der Waals surface area contributed by atoms with Gasteiger partial charge in [-0.25, -0.2) is 9.97 Å². The molecule has 1 saturated heterocycles. The van der Waals surface area contributed by atoms with E-state index in [2.05, 4.69) is 9.97 Å². The molecule has 0 aliphatic carbocycles. The molecular weight excluding hydrogens is 334 g/mol. The molecule has 1 unspecified atom stereocenters. The maximum atomic E-state index is 12.7. The molecule has 26 heavy (non-hydrogen) atoms. The van der Waals surface area contributed by atoms with Crippen LogP contribution >= 0.6 is 0 Å². The van der Waals surface area contributed by atoms with Crippen LogP contribution in [0.5, 0.6) is 17.5 Å². The molecule has 7 nitrogen and oxygen atoms in total. The van der Waals surface area contributed by atoms with Gasteiger partial charge >= 0.3 is 0 Å². The first-order valence-corrected chi connectivity index (χ1v) is 8.62. The number of rotatable bonds is 6. The molecule has 1 amide bonds. The molecule has 138 valence electrons. The summed E-state index contributed by atoms with van der Waals surface area (Å²) < 4.78 is 16.3. The summed E-state index contributed by atoms with van der Waals surface area (Å²) in [6, 6.07) is 7.58. The molecule has 3 rings (SSSR count). The predicted octanol–water partition coefficient (Wildman–Crippen LogP) is 2.11. The molecule has 0 N–H and O–H groups in total. The van der Waals surface area contributed by atoms with E-state index < -0.39 is 0 Å². The van der Waals surface area contributed by atoms with Crippen LogP contribution in [0.3, 0.4) is 0 Å². The second kappa shape index (κ2) is 8.51. The number of hydrogen-bond acceptors (Lipinski definition) is 6. The van der Waals surface area contributed by atoms with Gasteiger partial charge in [0.15, 0.2) is 0 Å². The Kier molecular flexibility index (Phi) is 5.88. The molecule has 1 aliphatic rings. The molecule has 1 aromatic heterocycles. The first kappa shape index (κ1) is 18.0. The van der Waals surface area contributed by atoms with Crippen LogP contribution in [0.15, 0.2) is 36.7 Å². The van der Waals surface area contributed by atoms with E-state index in [1.54, 1.807) is 19.5 Å². The van der Waals surface area contributed by atoms with Crippen LogP contribution in [0.4, 0.5) is 0 Å². The minimum absolute atomic E-state index is 0.0812. The molecule has 0 saturated carbocycles. The second-order valence-electron chi connectivity index (χ2n) is 6.12.